The molecule has 0 spiro atoms. The predicted molar refractivity (Wildman–Crippen MR) is 201 cm³/mol. The second kappa shape index (κ2) is 16.9. The summed E-state index contributed by atoms with van der Waals surface area (Å²) in [4.78, 5) is 0. The Balaban J connectivity index is 1.60. The number of hydrogen-bond acceptors (Lipinski definition) is 0. The van der Waals surface area contributed by atoms with Gasteiger partial charge >= 0.3 is 0 Å². The van der Waals surface area contributed by atoms with E-state index in [0.29, 0.717) is 0 Å². The van der Waals surface area contributed by atoms with Gasteiger partial charge in [0.15, 0.2) is 0 Å². The average Bonchev–Trinajstić information content (AvgIpc) is 3.10. The highest BCUT2D eigenvalue weighted by atomic mass is 14.1. The number of unbranched alkanes of at least 4 members (excludes halogenated alkanes) is 6. The number of benzene rings is 5. The van der Waals surface area contributed by atoms with Crippen molar-refractivity contribution in [2.24, 2.45) is 0 Å². The Hall–Kier alpha value is -4.26. The summed E-state index contributed by atoms with van der Waals surface area (Å²) >= 11 is 0. The molecule has 0 aliphatic rings. The van der Waals surface area contributed by atoms with E-state index in [-0.39, 0.29) is 0 Å². The minimum atomic E-state index is 1.05. The van der Waals surface area contributed by atoms with Gasteiger partial charge in [0.05, 0.1) is 0 Å². The van der Waals surface area contributed by atoms with Crippen molar-refractivity contribution >= 4 is 21.5 Å². The van der Waals surface area contributed by atoms with Gasteiger partial charge in [-0.2, -0.15) is 0 Å². The predicted octanol–water partition coefficient (Wildman–Crippen LogP) is 12.2. The van der Waals surface area contributed by atoms with Gasteiger partial charge in [-0.05, 0) is 94.5 Å². The molecule has 0 aromatic heterocycles. The molecule has 0 nitrogen and oxygen atoms in total. The molecule has 0 fully saturated rings. The normalized spacial score (nSPS) is 10.9. The molecule has 0 atom stereocenters. The number of rotatable bonds is 12. The van der Waals surface area contributed by atoms with Crippen LogP contribution >= 0.6 is 0 Å². The third-order valence-electron chi connectivity index (χ3n) is 9.33. The molecule has 5 aromatic carbocycles. The third kappa shape index (κ3) is 8.11. The lowest BCUT2D eigenvalue weighted by molar-refractivity contribution is 0.666. The Bertz CT molecular complexity index is 1700. The van der Waals surface area contributed by atoms with Gasteiger partial charge in [-0.1, -0.05) is 163 Å². The van der Waals surface area contributed by atoms with Crippen molar-refractivity contribution in [3.05, 3.63) is 129 Å². The Morgan fingerprint density at radius 1 is 0.413 bits per heavy atom. The molecule has 5 rings (SSSR count). The van der Waals surface area contributed by atoms with Crippen LogP contribution in [0.1, 0.15) is 124 Å². The van der Waals surface area contributed by atoms with Gasteiger partial charge in [-0.15, -0.1) is 0 Å². The van der Waals surface area contributed by atoms with E-state index in [2.05, 4.69) is 136 Å². The zero-order valence-corrected chi connectivity index (χ0v) is 28.6. The summed E-state index contributed by atoms with van der Waals surface area (Å²) in [5, 5.41) is 4.70. The zero-order chi connectivity index (χ0) is 32.1. The van der Waals surface area contributed by atoms with Gasteiger partial charge in [-0.3, -0.25) is 0 Å². The monoisotopic (exact) mass is 602 g/mol. The van der Waals surface area contributed by atoms with Crippen molar-refractivity contribution in [3.63, 3.8) is 0 Å². The highest BCUT2D eigenvalue weighted by Gasteiger charge is 2.12. The molecule has 0 unspecified atom stereocenters. The summed E-state index contributed by atoms with van der Waals surface area (Å²) in [6.45, 7) is 9.02. The van der Waals surface area contributed by atoms with E-state index in [4.69, 9.17) is 0 Å². The van der Waals surface area contributed by atoms with Crippen LogP contribution in [0.2, 0.25) is 0 Å². The lowest BCUT2D eigenvalue weighted by Crippen LogP contribution is -1.95. The maximum absolute atomic E-state index is 3.68. The molecule has 46 heavy (non-hydrogen) atoms. The molecule has 0 radical (unpaired) electrons. The smallest absolute Gasteiger partial charge is 0.0406 e. The molecule has 0 bridgehead atoms. The zero-order valence-electron chi connectivity index (χ0n) is 28.6. The van der Waals surface area contributed by atoms with Crippen LogP contribution in [0.3, 0.4) is 0 Å². The van der Waals surface area contributed by atoms with E-state index in [1.807, 2.05) is 0 Å². The maximum Gasteiger partial charge on any atom is 0.0406 e. The molecule has 234 valence electrons. The van der Waals surface area contributed by atoms with Crippen LogP contribution in [0.25, 0.3) is 21.5 Å². The topological polar surface area (TPSA) is 0 Å². The fourth-order valence-corrected chi connectivity index (χ4v) is 6.53. The fraction of sp³-hybridized carbons (Fsp3) is 0.348. The minimum absolute atomic E-state index is 1.05. The molecule has 0 aliphatic carbocycles. The molecule has 0 saturated heterocycles. The van der Waals surface area contributed by atoms with Crippen LogP contribution in [0.4, 0.5) is 0 Å². The first-order valence-electron chi connectivity index (χ1n) is 17.9. The fourth-order valence-electron chi connectivity index (χ4n) is 6.53. The second-order valence-electron chi connectivity index (χ2n) is 12.7. The first-order chi connectivity index (χ1) is 22.7. The van der Waals surface area contributed by atoms with Crippen molar-refractivity contribution in [2.75, 3.05) is 0 Å². The first kappa shape index (κ1) is 33.1. The summed E-state index contributed by atoms with van der Waals surface area (Å²) < 4.78 is 0. The number of hydrogen-bond donors (Lipinski definition) is 0. The molecular formula is C46H50. The van der Waals surface area contributed by atoms with Crippen LogP contribution in [0, 0.1) is 23.7 Å². The van der Waals surface area contributed by atoms with E-state index >= 15 is 0 Å². The Kier molecular flexibility index (Phi) is 12.2. The Morgan fingerprint density at radius 2 is 0.804 bits per heavy atom. The van der Waals surface area contributed by atoms with Gasteiger partial charge in [-0.25, -0.2) is 0 Å². The Morgan fingerprint density at radius 3 is 1.15 bits per heavy atom. The standard InChI is InChI=1S/C46H50/c1-5-9-11-13-19-39-33-35(7-3)25-27-37(39)29-31-45-41-21-15-17-23-43(41)46(44-24-18-16-22-42(44)45)32-30-38-28-26-36(8-4)34-40(38)20-14-12-10-6-2/h15-18,21-28,33-34H,5-14,19-20H2,1-4H3. The largest absolute Gasteiger partial charge is 0.0654 e. The van der Waals surface area contributed by atoms with Gasteiger partial charge in [0.2, 0.25) is 0 Å². The summed E-state index contributed by atoms with van der Waals surface area (Å²) in [6.07, 6.45) is 14.4. The van der Waals surface area contributed by atoms with Crippen molar-refractivity contribution in [3.8, 4) is 23.7 Å². The van der Waals surface area contributed by atoms with E-state index in [0.717, 1.165) is 47.9 Å². The molecular weight excluding hydrogens is 553 g/mol. The summed E-state index contributed by atoms with van der Waals surface area (Å²) in [7, 11) is 0. The quantitative estimate of drug-likeness (QED) is 0.0757. The van der Waals surface area contributed by atoms with Crippen LogP contribution < -0.4 is 0 Å². The van der Waals surface area contributed by atoms with Gasteiger partial charge < -0.3 is 0 Å². The lowest BCUT2D eigenvalue weighted by atomic mass is 9.91. The molecule has 0 N–H and O–H groups in total. The van der Waals surface area contributed by atoms with Gasteiger partial charge in [0.25, 0.3) is 0 Å². The lowest BCUT2D eigenvalue weighted by Gasteiger charge is -2.11. The van der Waals surface area contributed by atoms with Crippen LogP contribution in [0.5, 0.6) is 0 Å². The molecule has 0 heteroatoms. The molecule has 5 aromatic rings. The van der Waals surface area contributed by atoms with E-state index in [1.54, 1.807) is 0 Å². The third-order valence-corrected chi connectivity index (χ3v) is 9.33. The van der Waals surface area contributed by atoms with E-state index in [9.17, 15) is 0 Å². The van der Waals surface area contributed by atoms with Gasteiger partial charge in [0, 0.05) is 22.3 Å². The van der Waals surface area contributed by atoms with Crippen molar-refractivity contribution in [1.29, 1.82) is 0 Å². The van der Waals surface area contributed by atoms with Crippen molar-refractivity contribution in [2.45, 2.75) is 105 Å². The highest BCUT2D eigenvalue weighted by molar-refractivity contribution is 6.09. The molecule has 0 saturated carbocycles. The van der Waals surface area contributed by atoms with E-state index in [1.165, 1.54) is 95.2 Å². The van der Waals surface area contributed by atoms with Crippen molar-refractivity contribution < 1.29 is 0 Å². The average molecular weight is 603 g/mol. The van der Waals surface area contributed by atoms with Crippen LogP contribution in [-0.4, -0.2) is 0 Å². The minimum Gasteiger partial charge on any atom is -0.0654 e. The summed E-state index contributed by atoms with van der Waals surface area (Å²) in [5.74, 6) is 14.7. The van der Waals surface area contributed by atoms with E-state index < -0.39 is 0 Å². The van der Waals surface area contributed by atoms with Gasteiger partial charge in [0.1, 0.15) is 0 Å². The number of aryl methyl sites for hydroxylation is 4. The molecule has 0 heterocycles. The number of fused-ring (bicyclic) bond motifs is 2. The molecule has 0 amide bonds. The summed E-state index contributed by atoms with van der Waals surface area (Å²) in [6, 6.07) is 31.2. The van der Waals surface area contributed by atoms with Crippen LogP contribution in [-0.2, 0) is 25.7 Å². The second-order valence-corrected chi connectivity index (χ2v) is 12.7. The SMILES string of the molecule is CCCCCCc1cc(CC)ccc1C#Cc1c2ccccc2c(C#Cc2ccc(CC)cc2CCCCCC)c2ccccc12. The molecule has 0 aliphatic heterocycles. The maximum atomic E-state index is 3.68. The first-order valence-corrected chi connectivity index (χ1v) is 17.9. The highest BCUT2D eigenvalue weighted by Crippen LogP contribution is 2.32. The van der Waals surface area contributed by atoms with Crippen LogP contribution in [0.15, 0.2) is 84.9 Å². The summed E-state index contributed by atoms with van der Waals surface area (Å²) in [5.41, 5.74) is 10.1. The Labute approximate surface area is 278 Å². The van der Waals surface area contributed by atoms with Crippen molar-refractivity contribution in [1.82, 2.24) is 0 Å².